The van der Waals surface area contributed by atoms with E-state index in [0.29, 0.717) is 36.6 Å². The molecular formula is C23H26N2O5. The molecule has 0 saturated heterocycles. The lowest BCUT2D eigenvalue weighted by Gasteiger charge is -2.24. The lowest BCUT2D eigenvalue weighted by atomic mass is 10.0. The first kappa shape index (κ1) is 21.2. The first-order valence-corrected chi connectivity index (χ1v) is 9.59. The van der Waals surface area contributed by atoms with Gasteiger partial charge in [0, 0.05) is 24.6 Å². The van der Waals surface area contributed by atoms with Crippen molar-refractivity contribution in [3.63, 3.8) is 0 Å². The van der Waals surface area contributed by atoms with E-state index in [-0.39, 0.29) is 12.0 Å². The molecule has 2 aromatic rings. The number of nitrogens with zero attached hydrogens (tertiary/aromatic N) is 2. The molecular weight excluding hydrogens is 384 g/mol. The van der Waals surface area contributed by atoms with Gasteiger partial charge in [-0.2, -0.15) is 0 Å². The van der Waals surface area contributed by atoms with Gasteiger partial charge in [-0.05, 0) is 24.3 Å². The Morgan fingerprint density at radius 2 is 1.93 bits per heavy atom. The SMILES string of the molecule is C=CCN(C[C@H]1CC(c2ccccc2OC)=NO1)C(=O)c1ccc(OC)cc1OC. The molecule has 0 aliphatic carbocycles. The Labute approximate surface area is 176 Å². The third-order valence-electron chi connectivity index (χ3n) is 4.85. The Morgan fingerprint density at radius 1 is 1.17 bits per heavy atom. The van der Waals surface area contributed by atoms with E-state index in [1.807, 2.05) is 24.3 Å². The van der Waals surface area contributed by atoms with Gasteiger partial charge in [0.25, 0.3) is 5.91 Å². The summed E-state index contributed by atoms with van der Waals surface area (Å²) in [6.45, 7) is 4.51. The molecule has 0 aromatic heterocycles. The van der Waals surface area contributed by atoms with Crippen LogP contribution in [-0.2, 0) is 4.84 Å². The minimum Gasteiger partial charge on any atom is -0.497 e. The van der Waals surface area contributed by atoms with Gasteiger partial charge in [0.15, 0.2) is 6.10 Å². The highest BCUT2D eigenvalue weighted by Crippen LogP contribution is 2.28. The van der Waals surface area contributed by atoms with Gasteiger partial charge in [0.2, 0.25) is 0 Å². The van der Waals surface area contributed by atoms with Gasteiger partial charge in [-0.25, -0.2) is 0 Å². The predicted molar refractivity (Wildman–Crippen MR) is 115 cm³/mol. The van der Waals surface area contributed by atoms with Crippen molar-refractivity contribution in [2.75, 3.05) is 34.4 Å². The zero-order valence-electron chi connectivity index (χ0n) is 17.5. The van der Waals surface area contributed by atoms with Crippen molar-refractivity contribution >= 4 is 11.6 Å². The molecule has 1 amide bonds. The smallest absolute Gasteiger partial charge is 0.258 e. The number of ether oxygens (including phenoxy) is 3. The summed E-state index contributed by atoms with van der Waals surface area (Å²) in [7, 11) is 4.72. The van der Waals surface area contributed by atoms with Crippen molar-refractivity contribution < 1.29 is 23.8 Å². The molecule has 0 N–H and O–H groups in total. The van der Waals surface area contributed by atoms with Crippen molar-refractivity contribution in [3.8, 4) is 17.2 Å². The second kappa shape index (κ2) is 9.82. The highest BCUT2D eigenvalue weighted by Gasteiger charge is 2.29. The zero-order chi connectivity index (χ0) is 21.5. The van der Waals surface area contributed by atoms with E-state index >= 15 is 0 Å². The van der Waals surface area contributed by atoms with Crippen LogP contribution >= 0.6 is 0 Å². The third-order valence-corrected chi connectivity index (χ3v) is 4.85. The molecule has 0 spiro atoms. The van der Waals surface area contributed by atoms with E-state index in [9.17, 15) is 4.79 Å². The number of hydrogen-bond donors (Lipinski definition) is 0. The summed E-state index contributed by atoms with van der Waals surface area (Å²) in [5.41, 5.74) is 2.13. The van der Waals surface area contributed by atoms with Crippen molar-refractivity contribution in [1.82, 2.24) is 4.90 Å². The summed E-state index contributed by atoms with van der Waals surface area (Å²) in [6.07, 6.45) is 1.99. The maximum absolute atomic E-state index is 13.2. The summed E-state index contributed by atoms with van der Waals surface area (Å²) >= 11 is 0. The predicted octanol–water partition coefficient (Wildman–Crippen LogP) is 3.53. The van der Waals surface area contributed by atoms with Gasteiger partial charge in [-0.3, -0.25) is 4.79 Å². The van der Waals surface area contributed by atoms with Gasteiger partial charge >= 0.3 is 0 Å². The second-order valence-electron chi connectivity index (χ2n) is 6.73. The number of rotatable bonds is 9. The van der Waals surface area contributed by atoms with E-state index in [1.54, 1.807) is 43.4 Å². The normalized spacial score (nSPS) is 15.0. The number of hydrogen-bond acceptors (Lipinski definition) is 6. The monoisotopic (exact) mass is 410 g/mol. The molecule has 2 aromatic carbocycles. The fourth-order valence-electron chi connectivity index (χ4n) is 3.36. The molecule has 7 heteroatoms. The minimum atomic E-state index is -0.266. The molecule has 1 atom stereocenters. The molecule has 0 unspecified atom stereocenters. The average Bonchev–Trinajstić information content (AvgIpc) is 3.26. The lowest BCUT2D eigenvalue weighted by Crippen LogP contribution is -2.38. The molecule has 0 radical (unpaired) electrons. The fourth-order valence-corrected chi connectivity index (χ4v) is 3.36. The van der Waals surface area contributed by atoms with Crippen molar-refractivity contribution in [2.45, 2.75) is 12.5 Å². The second-order valence-corrected chi connectivity index (χ2v) is 6.73. The molecule has 1 heterocycles. The van der Waals surface area contributed by atoms with Crippen molar-refractivity contribution in [3.05, 3.63) is 66.2 Å². The highest BCUT2D eigenvalue weighted by molar-refractivity contribution is 6.03. The molecule has 3 rings (SSSR count). The quantitative estimate of drug-likeness (QED) is 0.592. The number of benzene rings is 2. The van der Waals surface area contributed by atoms with Gasteiger partial charge < -0.3 is 23.9 Å². The first-order chi connectivity index (χ1) is 14.6. The maximum Gasteiger partial charge on any atom is 0.258 e. The Hall–Kier alpha value is -3.48. The zero-order valence-corrected chi connectivity index (χ0v) is 17.5. The summed E-state index contributed by atoms with van der Waals surface area (Å²) in [5.74, 6) is 1.63. The minimum absolute atomic E-state index is 0.177. The van der Waals surface area contributed by atoms with E-state index in [1.165, 1.54) is 7.11 Å². The number of oxime groups is 1. The summed E-state index contributed by atoms with van der Waals surface area (Å²) in [6, 6.07) is 12.8. The van der Waals surface area contributed by atoms with E-state index in [0.717, 1.165) is 17.0 Å². The number of para-hydroxylation sites is 1. The van der Waals surface area contributed by atoms with Crippen LogP contribution in [0.4, 0.5) is 0 Å². The largest absolute Gasteiger partial charge is 0.497 e. The van der Waals surface area contributed by atoms with Gasteiger partial charge in [0.05, 0.1) is 39.1 Å². The fraction of sp³-hybridized carbons (Fsp3) is 0.304. The van der Waals surface area contributed by atoms with Crippen LogP contribution in [-0.4, -0.2) is 57.0 Å². The Morgan fingerprint density at radius 3 is 2.63 bits per heavy atom. The van der Waals surface area contributed by atoms with Crippen LogP contribution in [0.2, 0.25) is 0 Å². The average molecular weight is 410 g/mol. The van der Waals surface area contributed by atoms with Gasteiger partial charge in [-0.1, -0.05) is 23.4 Å². The van der Waals surface area contributed by atoms with E-state index < -0.39 is 0 Å². The topological polar surface area (TPSA) is 69.6 Å². The Bertz CT molecular complexity index is 941. The van der Waals surface area contributed by atoms with E-state index in [4.69, 9.17) is 19.0 Å². The van der Waals surface area contributed by atoms with Crippen LogP contribution < -0.4 is 14.2 Å². The number of carbonyl (C=O) groups excluding carboxylic acids is 1. The van der Waals surface area contributed by atoms with Crippen molar-refractivity contribution in [1.29, 1.82) is 0 Å². The molecule has 0 saturated carbocycles. The Kier molecular flexibility index (Phi) is 6.95. The summed E-state index contributed by atoms with van der Waals surface area (Å²) < 4.78 is 16.0. The molecule has 0 fully saturated rings. The maximum atomic E-state index is 13.2. The van der Waals surface area contributed by atoms with Gasteiger partial charge in [0.1, 0.15) is 17.2 Å². The highest BCUT2D eigenvalue weighted by atomic mass is 16.6. The first-order valence-electron chi connectivity index (χ1n) is 9.59. The molecule has 30 heavy (non-hydrogen) atoms. The molecule has 158 valence electrons. The molecule has 0 bridgehead atoms. The van der Waals surface area contributed by atoms with Crippen LogP contribution in [0, 0.1) is 0 Å². The number of amides is 1. The van der Waals surface area contributed by atoms with Crippen LogP contribution in [0.5, 0.6) is 17.2 Å². The van der Waals surface area contributed by atoms with Crippen LogP contribution in [0.15, 0.2) is 60.3 Å². The standard InChI is InChI=1S/C23H26N2O5/c1-5-12-25(23(26)19-11-10-16(27-2)14-22(19)29-4)15-17-13-20(24-30-17)18-8-6-7-9-21(18)28-3/h5-11,14,17H,1,12-13,15H2,2-4H3/t17-/m1/s1. The van der Waals surface area contributed by atoms with Crippen molar-refractivity contribution in [2.24, 2.45) is 5.16 Å². The van der Waals surface area contributed by atoms with Crippen LogP contribution in [0.3, 0.4) is 0 Å². The molecule has 1 aliphatic heterocycles. The summed E-state index contributed by atoms with van der Waals surface area (Å²) in [4.78, 5) is 20.5. The number of carbonyl (C=O) groups is 1. The molecule has 1 aliphatic rings. The summed E-state index contributed by atoms with van der Waals surface area (Å²) in [5, 5.41) is 4.23. The third kappa shape index (κ3) is 4.56. The Balaban J connectivity index is 1.74. The number of methoxy groups -OCH3 is 3. The van der Waals surface area contributed by atoms with Gasteiger partial charge in [-0.15, -0.1) is 6.58 Å². The van der Waals surface area contributed by atoms with E-state index in [2.05, 4.69) is 11.7 Å². The van der Waals surface area contributed by atoms with Crippen LogP contribution in [0.25, 0.3) is 0 Å². The molecule has 7 nitrogen and oxygen atoms in total. The van der Waals surface area contributed by atoms with Crippen LogP contribution in [0.1, 0.15) is 22.3 Å². The lowest BCUT2D eigenvalue weighted by molar-refractivity contribution is 0.0448.